The van der Waals surface area contributed by atoms with E-state index in [1.165, 1.54) is 6.42 Å². The van der Waals surface area contributed by atoms with Gasteiger partial charge in [0.25, 0.3) is 5.91 Å². The Morgan fingerprint density at radius 2 is 1.90 bits per heavy atom. The second-order valence-corrected chi connectivity index (χ2v) is 8.37. The van der Waals surface area contributed by atoms with Gasteiger partial charge in [-0.25, -0.2) is 4.79 Å². The number of benzene rings is 1. The Bertz CT molecular complexity index is 963. The van der Waals surface area contributed by atoms with Crippen LogP contribution in [0.1, 0.15) is 50.2 Å². The molecule has 1 aromatic heterocycles. The number of likely N-dealkylation sites (tertiary alicyclic amines) is 1. The van der Waals surface area contributed by atoms with E-state index < -0.39 is 6.10 Å². The van der Waals surface area contributed by atoms with Gasteiger partial charge < -0.3 is 18.8 Å². The molecule has 1 amide bonds. The Labute approximate surface area is 170 Å². The molecule has 1 aromatic carbocycles. The van der Waals surface area contributed by atoms with Crippen molar-refractivity contribution >= 4 is 16.9 Å². The summed E-state index contributed by atoms with van der Waals surface area (Å²) in [6, 6.07) is 5.38. The predicted octanol–water partition coefficient (Wildman–Crippen LogP) is 3.74. The minimum absolute atomic E-state index is 0.0164. The molecule has 1 spiro atoms. The molecule has 6 heteroatoms. The molecule has 0 N–H and O–H groups in total. The van der Waals surface area contributed by atoms with Gasteiger partial charge in [0, 0.05) is 36.7 Å². The second-order valence-electron chi connectivity index (χ2n) is 8.37. The molecule has 1 atom stereocenters. The van der Waals surface area contributed by atoms with Crippen LogP contribution in [0.25, 0.3) is 11.0 Å². The molecular formula is C23H29NO5. The van der Waals surface area contributed by atoms with Crippen LogP contribution in [0.2, 0.25) is 0 Å². The second kappa shape index (κ2) is 7.82. The Hall–Kier alpha value is -2.34. The maximum Gasteiger partial charge on any atom is 0.339 e. The van der Waals surface area contributed by atoms with E-state index in [9.17, 15) is 9.59 Å². The molecule has 156 valence electrons. The topological polar surface area (TPSA) is 69.0 Å². The SMILES string of the molecule is Cc1c(C)c2ccc(OC(C)C(=O)N3CCC4(CCCCO4)CC3)cc2oc1=O. The quantitative estimate of drug-likeness (QED) is 0.736. The largest absolute Gasteiger partial charge is 0.481 e. The summed E-state index contributed by atoms with van der Waals surface area (Å²) in [6.45, 7) is 7.68. The first-order valence-corrected chi connectivity index (χ1v) is 10.5. The molecule has 0 aliphatic carbocycles. The zero-order valence-electron chi connectivity index (χ0n) is 17.5. The van der Waals surface area contributed by atoms with Crippen molar-refractivity contribution in [1.82, 2.24) is 4.90 Å². The Kier molecular flexibility index (Phi) is 5.38. The minimum atomic E-state index is -0.605. The molecule has 2 aliphatic heterocycles. The third kappa shape index (κ3) is 3.90. The lowest BCUT2D eigenvalue weighted by molar-refractivity contribution is -0.148. The van der Waals surface area contributed by atoms with Crippen LogP contribution in [0.5, 0.6) is 5.75 Å². The van der Waals surface area contributed by atoms with Gasteiger partial charge in [-0.2, -0.15) is 0 Å². The van der Waals surface area contributed by atoms with Crippen molar-refractivity contribution < 1.29 is 18.7 Å². The molecule has 0 radical (unpaired) electrons. The first-order valence-electron chi connectivity index (χ1n) is 10.5. The number of hydrogen-bond donors (Lipinski definition) is 0. The molecule has 3 heterocycles. The Morgan fingerprint density at radius 3 is 2.59 bits per heavy atom. The van der Waals surface area contributed by atoms with Crippen LogP contribution in [0, 0.1) is 13.8 Å². The predicted molar refractivity (Wildman–Crippen MR) is 110 cm³/mol. The molecule has 2 saturated heterocycles. The van der Waals surface area contributed by atoms with Gasteiger partial charge in [0.15, 0.2) is 6.10 Å². The number of fused-ring (bicyclic) bond motifs is 1. The number of ether oxygens (including phenoxy) is 2. The standard InChI is InChI=1S/C23H29NO5/c1-15-16(2)22(26)29-20-14-18(6-7-19(15)20)28-17(3)21(25)24-11-9-23(10-12-24)8-4-5-13-27-23/h6-7,14,17H,4-5,8-13H2,1-3H3. The smallest absolute Gasteiger partial charge is 0.339 e. The summed E-state index contributed by atoms with van der Waals surface area (Å²) in [5, 5.41) is 0.877. The van der Waals surface area contributed by atoms with Gasteiger partial charge in [-0.05, 0) is 70.6 Å². The molecule has 0 bridgehead atoms. The highest BCUT2D eigenvalue weighted by molar-refractivity contribution is 5.83. The van der Waals surface area contributed by atoms with Crippen molar-refractivity contribution in [3.8, 4) is 5.75 Å². The molecule has 2 fully saturated rings. The van der Waals surface area contributed by atoms with Crippen LogP contribution in [-0.2, 0) is 9.53 Å². The van der Waals surface area contributed by atoms with E-state index in [0.717, 1.165) is 43.2 Å². The highest BCUT2D eigenvalue weighted by atomic mass is 16.5. The third-order valence-corrected chi connectivity index (χ3v) is 6.51. The van der Waals surface area contributed by atoms with Crippen LogP contribution in [0.15, 0.2) is 27.4 Å². The van der Waals surface area contributed by atoms with Crippen LogP contribution < -0.4 is 10.4 Å². The summed E-state index contributed by atoms with van der Waals surface area (Å²) in [5.41, 5.74) is 1.62. The van der Waals surface area contributed by atoms with E-state index in [0.29, 0.717) is 30.0 Å². The lowest BCUT2D eigenvalue weighted by atomic mass is 9.84. The van der Waals surface area contributed by atoms with E-state index in [-0.39, 0.29) is 17.1 Å². The number of carbonyl (C=O) groups excluding carboxylic acids is 1. The van der Waals surface area contributed by atoms with E-state index >= 15 is 0 Å². The highest BCUT2D eigenvalue weighted by Gasteiger charge is 2.38. The summed E-state index contributed by atoms with van der Waals surface area (Å²) >= 11 is 0. The number of piperidine rings is 1. The van der Waals surface area contributed by atoms with Gasteiger partial charge >= 0.3 is 5.63 Å². The summed E-state index contributed by atoms with van der Waals surface area (Å²) in [7, 11) is 0. The van der Waals surface area contributed by atoms with Gasteiger partial charge in [0.1, 0.15) is 11.3 Å². The van der Waals surface area contributed by atoms with E-state index in [4.69, 9.17) is 13.9 Å². The van der Waals surface area contributed by atoms with Crippen molar-refractivity contribution in [2.24, 2.45) is 0 Å². The van der Waals surface area contributed by atoms with Crippen molar-refractivity contribution in [3.63, 3.8) is 0 Å². The molecule has 6 nitrogen and oxygen atoms in total. The van der Waals surface area contributed by atoms with E-state index in [1.54, 1.807) is 19.9 Å². The first-order chi connectivity index (χ1) is 13.9. The first kappa shape index (κ1) is 20.0. The monoisotopic (exact) mass is 399 g/mol. The normalized spacial score (nSPS) is 20.0. The average molecular weight is 399 g/mol. The zero-order chi connectivity index (χ0) is 20.6. The maximum absolute atomic E-state index is 12.9. The van der Waals surface area contributed by atoms with Gasteiger partial charge in [-0.3, -0.25) is 4.79 Å². The van der Waals surface area contributed by atoms with Crippen molar-refractivity contribution in [2.45, 2.75) is 64.6 Å². The zero-order valence-corrected chi connectivity index (χ0v) is 17.5. The molecule has 2 aromatic rings. The number of rotatable bonds is 3. The van der Waals surface area contributed by atoms with Crippen LogP contribution in [0.3, 0.4) is 0 Å². The van der Waals surface area contributed by atoms with Gasteiger partial charge in [0.2, 0.25) is 0 Å². The van der Waals surface area contributed by atoms with Crippen molar-refractivity contribution in [2.75, 3.05) is 19.7 Å². The third-order valence-electron chi connectivity index (χ3n) is 6.51. The van der Waals surface area contributed by atoms with E-state index in [2.05, 4.69) is 0 Å². The Balaban J connectivity index is 1.42. The summed E-state index contributed by atoms with van der Waals surface area (Å²) in [5.74, 6) is 0.506. The molecular weight excluding hydrogens is 370 g/mol. The molecule has 4 rings (SSSR count). The van der Waals surface area contributed by atoms with Crippen molar-refractivity contribution in [3.05, 3.63) is 39.7 Å². The van der Waals surface area contributed by atoms with E-state index in [1.807, 2.05) is 24.0 Å². The lowest BCUT2D eigenvalue weighted by Crippen LogP contribution is -2.51. The van der Waals surface area contributed by atoms with Gasteiger partial charge in [-0.15, -0.1) is 0 Å². The lowest BCUT2D eigenvalue weighted by Gasteiger charge is -2.44. The number of hydrogen-bond acceptors (Lipinski definition) is 5. The van der Waals surface area contributed by atoms with Crippen LogP contribution >= 0.6 is 0 Å². The minimum Gasteiger partial charge on any atom is -0.481 e. The van der Waals surface area contributed by atoms with Crippen molar-refractivity contribution in [1.29, 1.82) is 0 Å². The fraction of sp³-hybridized carbons (Fsp3) is 0.565. The fourth-order valence-electron chi connectivity index (χ4n) is 4.45. The average Bonchev–Trinajstić information content (AvgIpc) is 2.72. The Morgan fingerprint density at radius 1 is 1.14 bits per heavy atom. The molecule has 0 saturated carbocycles. The fourth-order valence-corrected chi connectivity index (χ4v) is 4.45. The van der Waals surface area contributed by atoms with Gasteiger partial charge in [0.05, 0.1) is 5.60 Å². The number of nitrogens with zero attached hydrogens (tertiary/aromatic N) is 1. The number of carbonyl (C=O) groups is 1. The summed E-state index contributed by atoms with van der Waals surface area (Å²) in [4.78, 5) is 26.7. The number of amides is 1. The van der Waals surface area contributed by atoms with Crippen LogP contribution in [0.4, 0.5) is 0 Å². The highest BCUT2D eigenvalue weighted by Crippen LogP contribution is 2.35. The van der Waals surface area contributed by atoms with Crippen LogP contribution in [-0.4, -0.2) is 42.2 Å². The summed E-state index contributed by atoms with van der Waals surface area (Å²) in [6.07, 6.45) is 4.63. The molecule has 2 aliphatic rings. The summed E-state index contributed by atoms with van der Waals surface area (Å²) < 4.78 is 17.3. The molecule has 29 heavy (non-hydrogen) atoms. The molecule has 1 unspecified atom stereocenters. The maximum atomic E-state index is 12.9. The van der Waals surface area contributed by atoms with Gasteiger partial charge in [-0.1, -0.05) is 0 Å². The number of aryl methyl sites for hydroxylation is 1.